The van der Waals surface area contributed by atoms with Gasteiger partial charge in [-0.05, 0) is 78.7 Å². The molecule has 194 valence electrons. The van der Waals surface area contributed by atoms with Crippen molar-refractivity contribution in [2.24, 2.45) is 0 Å². The van der Waals surface area contributed by atoms with Crippen LogP contribution in [0.3, 0.4) is 0 Å². The molecule has 1 fully saturated rings. The zero-order valence-electron chi connectivity index (χ0n) is 21.0. The van der Waals surface area contributed by atoms with Crippen LogP contribution in [0.2, 0.25) is 0 Å². The summed E-state index contributed by atoms with van der Waals surface area (Å²) in [6.07, 6.45) is 0.932. The van der Waals surface area contributed by atoms with Gasteiger partial charge in [-0.15, -0.1) is 0 Å². The second-order valence-corrected chi connectivity index (χ2v) is 11.0. The molecular formula is C27H33BrFN3O4. The van der Waals surface area contributed by atoms with Crippen LogP contribution in [0.25, 0.3) is 0 Å². The van der Waals surface area contributed by atoms with E-state index in [0.717, 1.165) is 21.3 Å². The van der Waals surface area contributed by atoms with E-state index in [1.807, 2.05) is 51.1 Å². The zero-order valence-corrected chi connectivity index (χ0v) is 22.6. The number of ether oxygens (including phenoxy) is 2. The topological polar surface area (TPSA) is 71.1 Å². The van der Waals surface area contributed by atoms with Gasteiger partial charge in [-0.1, -0.05) is 30.3 Å². The molecule has 4 rings (SSSR count). The van der Waals surface area contributed by atoms with Crippen LogP contribution in [0.1, 0.15) is 43.9 Å². The molecule has 7 nitrogen and oxygen atoms in total. The highest BCUT2D eigenvalue weighted by molar-refractivity contribution is 9.10. The maximum atomic E-state index is 15.3. The van der Waals surface area contributed by atoms with Crippen LogP contribution < -0.4 is 10.2 Å². The van der Waals surface area contributed by atoms with Crippen LogP contribution in [-0.4, -0.2) is 54.9 Å². The van der Waals surface area contributed by atoms with Gasteiger partial charge in [-0.2, -0.15) is 0 Å². The fraction of sp³-hybridized carbons (Fsp3) is 0.481. The molecule has 0 bridgehead atoms. The number of hydrogen-bond acceptors (Lipinski definition) is 5. The first-order valence-electron chi connectivity index (χ1n) is 12.3. The number of carbonyl (C=O) groups excluding carboxylic acids is 2. The quantitative estimate of drug-likeness (QED) is 0.539. The predicted octanol–water partition coefficient (Wildman–Crippen LogP) is 5.43. The van der Waals surface area contributed by atoms with Gasteiger partial charge in [0.15, 0.2) is 0 Å². The number of rotatable bonds is 4. The van der Waals surface area contributed by atoms with Crippen LogP contribution in [0, 0.1) is 5.82 Å². The number of anilines is 1. The lowest BCUT2D eigenvalue weighted by Crippen LogP contribution is -2.50. The normalized spacial score (nSPS) is 17.9. The van der Waals surface area contributed by atoms with E-state index in [1.165, 1.54) is 0 Å². The van der Waals surface area contributed by atoms with Crippen LogP contribution in [0.15, 0.2) is 40.9 Å². The summed E-state index contributed by atoms with van der Waals surface area (Å²) in [4.78, 5) is 28.4. The third-order valence-corrected chi connectivity index (χ3v) is 7.29. The Morgan fingerprint density at radius 1 is 1.11 bits per heavy atom. The van der Waals surface area contributed by atoms with Crippen LogP contribution in [0.4, 0.5) is 19.7 Å². The minimum atomic E-state index is -0.537. The lowest BCUT2D eigenvalue weighted by molar-refractivity contribution is 0.0240. The minimum Gasteiger partial charge on any atom is -0.445 e. The molecule has 1 atom stereocenters. The highest BCUT2D eigenvalue weighted by atomic mass is 79.9. The fourth-order valence-corrected chi connectivity index (χ4v) is 5.39. The van der Waals surface area contributed by atoms with E-state index in [2.05, 4.69) is 26.1 Å². The first kappa shape index (κ1) is 26.3. The van der Waals surface area contributed by atoms with Gasteiger partial charge in [0.25, 0.3) is 0 Å². The Labute approximate surface area is 220 Å². The molecule has 2 aromatic carbocycles. The Morgan fingerprint density at radius 3 is 2.47 bits per heavy atom. The van der Waals surface area contributed by atoms with E-state index < -0.39 is 11.7 Å². The SMILES string of the molecule is CC(C)(C)OC(=O)N1CCN(c2cc(F)c3c(c2Br)CCC(NC(=O)OCc2ccccc2)C3)CC1. The van der Waals surface area contributed by atoms with Crippen molar-refractivity contribution in [3.05, 3.63) is 63.4 Å². The molecule has 2 aromatic rings. The molecule has 0 aromatic heterocycles. The lowest BCUT2D eigenvalue weighted by Gasteiger charge is -2.38. The first-order chi connectivity index (χ1) is 17.1. The van der Waals surface area contributed by atoms with E-state index in [0.29, 0.717) is 51.0 Å². The maximum Gasteiger partial charge on any atom is 0.410 e. The van der Waals surface area contributed by atoms with Crippen molar-refractivity contribution in [3.63, 3.8) is 0 Å². The second kappa shape index (κ2) is 11.1. The molecule has 1 unspecified atom stereocenters. The molecule has 1 heterocycles. The molecule has 1 saturated heterocycles. The minimum absolute atomic E-state index is 0.189. The molecule has 1 aliphatic heterocycles. The van der Waals surface area contributed by atoms with Crippen LogP contribution >= 0.6 is 15.9 Å². The third-order valence-electron chi connectivity index (χ3n) is 6.41. The van der Waals surface area contributed by atoms with Crippen LogP contribution in [-0.2, 0) is 28.9 Å². The summed E-state index contributed by atoms with van der Waals surface area (Å²) in [5.74, 6) is -0.276. The third kappa shape index (κ3) is 6.49. The van der Waals surface area contributed by atoms with Crippen molar-refractivity contribution in [2.75, 3.05) is 31.1 Å². The summed E-state index contributed by atoms with van der Waals surface area (Å²) in [5.41, 5.74) is 2.73. The standard InChI is InChI=1S/C27H33BrFN3O4/c1-27(2,3)36-26(34)32-13-11-31(12-14-32)23-16-22(29)21-15-19(9-10-20(21)24(23)28)30-25(33)35-17-18-7-5-4-6-8-18/h4-8,16,19H,9-15,17H2,1-3H3,(H,30,33). The Bertz CT molecular complexity index is 1100. The highest BCUT2D eigenvalue weighted by Crippen LogP contribution is 2.38. The van der Waals surface area contributed by atoms with Crippen molar-refractivity contribution in [1.82, 2.24) is 10.2 Å². The average molecular weight is 562 g/mol. The van der Waals surface area contributed by atoms with Crippen molar-refractivity contribution >= 4 is 33.8 Å². The number of nitrogens with one attached hydrogen (secondary N) is 1. The molecule has 36 heavy (non-hydrogen) atoms. The number of nitrogens with zero attached hydrogens (tertiary/aromatic N) is 2. The largest absolute Gasteiger partial charge is 0.445 e. The van der Waals surface area contributed by atoms with Gasteiger partial charge in [0, 0.05) is 36.7 Å². The number of alkyl carbamates (subject to hydrolysis) is 1. The van der Waals surface area contributed by atoms with E-state index >= 15 is 4.39 Å². The summed E-state index contributed by atoms with van der Waals surface area (Å²) in [6.45, 7) is 7.95. The lowest BCUT2D eigenvalue weighted by atomic mass is 9.87. The summed E-state index contributed by atoms with van der Waals surface area (Å²) in [6, 6.07) is 10.9. The fourth-order valence-electron chi connectivity index (χ4n) is 4.59. The first-order valence-corrected chi connectivity index (χ1v) is 13.1. The van der Waals surface area contributed by atoms with Gasteiger partial charge in [0.2, 0.25) is 0 Å². The number of halogens is 2. The Hall–Kier alpha value is -2.81. The molecule has 2 amide bonds. The van der Waals surface area contributed by atoms with E-state index in [-0.39, 0.29) is 24.6 Å². The van der Waals surface area contributed by atoms with Crippen LogP contribution in [0.5, 0.6) is 0 Å². The number of piperazine rings is 1. The molecule has 1 N–H and O–H groups in total. The molecule has 9 heteroatoms. The summed E-state index contributed by atoms with van der Waals surface area (Å²) in [7, 11) is 0. The predicted molar refractivity (Wildman–Crippen MR) is 140 cm³/mol. The van der Waals surface area contributed by atoms with Gasteiger partial charge in [0.1, 0.15) is 18.0 Å². The summed E-state index contributed by atoms with van der Waals surface area (Å²) < 4.78 is 26.9. The van der Waals surface area contributed by atoms with Crippen molar-refractivity contribution in [1.29, 1.82) is 0 Å². The molecule has 1 aliphatic carbocycles. The molecule has 2 aliphatic rings. The molecular weight excluding hydrogens is 529 g/mol. The van der Waals surface area contributed by atoms with Crippen molar-refractivity contribution in [3.8, 4) is 0 Å². The number of fused-ring (bicyclic) bond motifs is 1. The van der Waals surface area contributed by atoms with E-state index in [4.69, 9.17) is 9.47 Å². The summed E-state index contributed by atoms with van der Waals surface area (Å²) >= 11 is 3.72. The van der Waals surface area contributed by atoms with Gasteiger partial charge in [0.05, 0.1) is 5.69 Å². The smallest absolute Gasteiger partial charge is 0.410 e. The Kier molecular flexibility index (Phi) is 8.07. The highest BCUT2D eigenvalue weighted by Gasteiger charge is 2.30. The Morgan fingerprint density at radius 2 is 1.81 bits per heavy atom. The maximum absolute atomic E-state index is 15.3. The zero-order chi connectivity index (χ0) is 25.9. The van der Waals surface area contributed by atoms with Gasteiger partial charge < -0.3 is 24.6 Å². The van der Waals surface area contributed by atoms with Gasteiger partial charge >= 0.3 is 12.2 Å². The average Bonchev–Trinajstić information content (AvgIpc) is 2.85. The van der Waals surface area contributed by atoms with Gasteiger partial charge in [-0.25, -0.2) is 14.0 Å². The molecule has 0 saturated carbocycles. The monoisotopic (exact) mass is 561 g/mol. The summed E-state index contributed by atoms with van der Waals surface area (Å²) in [5, 5.41) is 2.88. The number of carbonyl (C=O) groups is 2. The van der Waals surface area contributed by atoms with E-state index in [9.17, 15) is 9.59 Å². The van der Waals surface area contributed by atoms with Gasteiger partial charge in [-0.3, -0.25) is 0 Å². The van der Waals surface area contributed by atoms with E-state index in [1.54, 1.807) is 11.0 Å². The number of hydrogen-bond donors (Lipinski definition) is 1. The number of amides is 2. The Balaban J connectivity index is 1.35. The second-order valence-electron chi connectivity index (χ2n) is 10.2. The molecule has 0 radical (unpaired) electrons. The van der Waals surface area contributed by atoms with Crippen molar-refractivity contribution < 1.29 is 23.5 Å². The van der Waals surface area contributed by atoms with Crippen molar-refractivity contribution in [2.45, 2.75) is 58.3 Å². The molecule has 0 spiro atoms. The number of benzene rings is 2.